The Bertz CT molecular complexity index is 510. The molecule has 5 nitrogen and oxygen atoms in total. The van der Waals surface area contributed by atoms with Gasteiger partial charge in [0.2, 0.25) is 5.91 Å². The highest BCUT2D eigenvalue weighted by Crippen LogP contribution is 2.24. The van der Waals surface area contributed by atoms with Crippen LogP contribution < -0.4 is 10.9 Å². The molecule has 0 spiro atoms. The molecular weight excluding hydrogens is 244 g/mol. The number of nitrogens with one attached hydrogen (secondary N) is 2. The maximum Gasteiger partial charge on any atom is 0.271 e. The Hall–Kier alpha value is -1.62. The Morgan fingerprint density at radius 1 is 1.53 bits per heavy atom. The molecule has 1 amide bonds. The van der Waals surface area contributed by atoms with E-state index >= 15 is 0 Å². The van der Waals surface area contributed by atoms with Crippen molar-refractivity contribution < 1.29 is 9.53 Å². The molecule has 5 heteroatoms. The van der Waals surface area contributed by atoms with Crippen LogP contribution in [0.15, 0.2) is 16.9 Å². The maximum absolute atomic E-state index is 12.2. The molecule has 104 valence electrons. The van der Waals surface area contributed by atoms with Gasteiger partial charge in [-0.15, -0.1) is 0 Å². The molecule has 1 aromatic heterocycles. The van der Waals surface area contributed by atoms with Crippen molar-refractivity contribution in [2.75, 3.05) is 11.9 Å². The zero-order valence-electron chi connectivity index (χ0n) is 11.4. The molecule has 0 saturated carbocycles. The van der Waals surface area contributed by atoms with Crippen molar-refractivity contribution in [3.63, 3.8) is 0 Å². The minimum absolute atomic E-state index is 0.0433. The quantitative estimate of drug-likeness (QED) is 0.875. The summed E-state index contributed by atoms with van der Waals surface area (Å²) in [6.07, 6.45) is 2.47. The van der Waals surface area contributed by atoms with Gasteiger partial charge in [0.05, 0.1) is 12.0 Å². The van der Waals surface area contributed by atoms with Crippen molar-refractivity contribution in [3.05, 3.63) is 28.2 Å². The third-order valence-corrected chi connectivity index (χ3v) is 3.49. The summed E-state index contributed by atoms with van der Waals surface area (Å²) in [5.74, 6) is -0.291. The van der Waals surface area contributed by atoms with E-state index in [1.807, 2.05) is 6.92 Å². The third-order valence-electron chi connectivity index (χ3n) is 3.49. The molecule has 1 aliphatic heterocycles. The molecule has 2 rings (SSSR count). The van der Waals surface area contributed by atoms with Crippen LogP contribution in [0.3, 0.4) is 0 Å². The summed E-state index contributed by atoms with van der Waals surface area (Å²) in [6.45, 7) is 4.53. The predicted octanol–water partition coefficient (Wildman–Crippen LogP) is 1.83. The minimum Gasteiger partial charge on any atom is -0.377 e. The van der Waals surface area contributed by atoms with Gasteiger partial charge >= 0.3 is 0 Å². The van der Waals surface area contributed by atoms with E-state index in [1.165, 1.54) is 0 Å². The van der Waals surface area contributed by atoms with Gasteiger partial charge in [-0.1, -0.05) is 6.92 Å². The lowest BCUT2D eigenvalue weighted by Gasteiger charge is -2.29. The van der Waals surface area contributed by atoms with Crippen LogP contribution in [0.4, 0.5) is 5.69 Å². The van der Waals surface area contributed by atoms with E-state index in [0.717, 1.165) is 25.0 Å². The molecule has 0 radical (unpaired) electrons. The van der Waals surface area contributed by atoms with E-state index in [0.29, 0.717) is 12.3 Å². The summed E-state index contributed by atoms with van der Waals surface area (Å²) in [4.78, 5) is 26.6. The van der Waals surface area contributed by atoms with Crippen LogP contribution in [0.25, 0.3) is 0 Å². The second-order valence-electron chi connectivity index (χ2n) is 4.94. The van der Waals surface area contributed by atoms with E-state index in [-0.39, 0.29) is 23.5 Å². The van der Waals surface area contributed by atoms with E-state index in [9.17, 15) is 9.59 Å². The number of anilines is 1. The fourth-order valence-electron chi connectivity index (χ4n) is 2.44. The molecule has 1 aromatic rings. The maximum atomic E-state index is 12.2. The van der Waals surface area contributed by atoms with Crippen LogP contribution in [0.1, 0.15) is 31.9 Å². The van der Waals surface area contributed by atoms with E-state index in [1.54, 1.807) is 19.1 Å². The second-order valence-corrected chi connectivity index (χ2v) is 4.94. The fourth-order valence-corrected chi connectivity index (χ4v) is 2.44. The van der Waals surface area contributed by atoms with Crippen molar-refractivity contribution in [2.24, 2.45) is 5.92 Å². The van der Waals surface area contributed by atoms with Crippen molar-refractivity contribution in [1.29, 1.82) is 0 Å². The third kappa shape index (κ3) is 3.23. The molecule has 0 aliphatic carbocycles. The molecule has 2 atom stereocenters. The number of aryl methyl sites for hydroxylation is 1. The number of H-pyrrole nitrogens is 1. The molecule has 2 heterocycles. The molecule has 1 saturated heterocycles. The molecule has 0 aromatic carbocycles. The van der Waals surface area contributed by atoms with Gasteiger partial charge < -0.3 is 15.0 Å². The van der Waals surface area contributed by atoms with Crippen LogP contribution in [0, 0.1) is 12.8 Å². The number of rotatable bonds is 3. The van der Waals surface area contributed by atoms with Gasteiger partial charge in [0.25, 0.3) is 5.56 Å². The number of aromatic amines is 1. The van der Waals surface area contributed by atoms with Crippen LogP contribution in [-0.2, 0) is 9.53 Å². The average Bonchev–Trinajstić information content (AvgIpc) is 2.41. The summed E-state index contributed by atoms with van der Waals surface area (Å²) in [7, 11) is 0. The molecule has 1 aliphatic rings. The van der Waals surface area contributed by atoms with Gasteiger partial charge in [-0.2, -0.15) is 0 Å². The SMILES string of the molecule is CC[C@@H]1OCCC[C@@H]1C(=O)Nc1ccc(C)[nH]c1=O. The molecular formula is C14H20N2O3. The highest BCUT2D eigenvalue weighted by Gasteiger charge is 2.30. The van der Waals surface area contributed by atoms with Gasteiger partial charge in [0.1, 0.15) is 5.69 Å². The smallest absolute Gasteiger partial charge is 0.271 e. The van der Waals surface area contributed by atoms with Crippen LogP contribution in [-0.4, -0.2) is 23.6 Å². The summed E-state index contributed by atoms with van der Waals surface area (Å²) in [6, 6.07) is 3.41. The number of amides is 1. The zero-order chi connectivity index (χ0) is 13.8. The van der Waals surface area contributed by atoms with E-state index in [4.69, 9.17) is 4.74 Å². The molecule has 0 bridgehead atoms. The normalized spacial score (nSPS) is 23.1. The number of hydrogen-bond acceptors (Lipinski definition) is 3. The fraction of sp³-hybridized carbons (Fsp3) is 0.571. The highest BCUT2D eigenvalue weighted by molar-refractivity contribution is 5.92. The summed E-state index contributed by atoms with van der Waals surface area (Å²) < 4.78 is 5.60. The number of carbonyl (C=O) groups excluding carboxylic acids is 1. The van der Waals surface area contributed by atoms with Crippen molar-refractivity contribution >= 4 is 11.6 Å². The molecule has 2 N–H and O–H groups in total. The van der Waals surface area contributed by atoms with Crippen molar-refractivity contribution in [2.45, 2.75) is 39.2 Å². The molecule has 1 fully saturated rings. The van der Waals surface area contributed by atoms with Crippen molar-refractivity contribution in [1.82, 2.24) is 4.98 Å². The topological polar surface area (TPSA) is 71.2 Å². The Kier molecular flexibility index (Phi) is 4.37. The van der Waals surface area contributed by atoms with Gasteiger partial charge in [0, 0.05) is 12.3 Å². The predicted molar refractivity (Wildman–Crippen MR) is 73.2 cm³/mol. The van der Waals surface area contributed by atoms with Crippen LogP contribution in [0.2, 0.25) is 0 Å². The Morgan fingerprint density at radius 2 is 2.32 bits per heavy atom. The molecule has 19 heavy (non-hydrogen) atoms. The Morgan fingerprint density at radius 3 is 3.00 bits per heavy atom. The summed E-state index contributed by atoms with van der Waals surface area (Å²) in [5.41, 5.74) is 0.810. The zero-order valence-corrected chi connectivity index (χ0v) is 11.4. The van der Waals surface area contributed by atoms with Crippen LogP contribution in [0.5, 0.6) is 0 Å². The first kappa shape index (κ1) is 13.8. The number of hydrogen-bond donors (Lipinski definition) is 2. The van der Waals surface area contributed by atoms with Gasteiger partial charge in [0.15, 0.2) is 0 Å². The first-order chi connectivity index (χ1) is 9.11. The standard InChI is InChI=1S/C14H20N2O3/c1-3-12-10(5-4-8-19-12)13(17)16-11-7-6-9(2)15-14(11)18/h6-7,10,12H,3-5,8H2,1-2H3,(H,15,18)(H,16,17)/t10-,12-/m0/s1. The van der Waals surface area contributed by atoms with Gasteiger partial charge in [-0.3, -0.25) is 9.59 Å². The first-order valence-electron chi connectivity index (χ1n) is 6.74. The lowest BCUT2D eigenvalue weighted by Crippen LogP contribution is -2.38. The number of carbonyl (C=O) groups is 1. The largest absolute Gasteiger partial charge is 0.377 e. The summed E-state index contributed by atoms with van der Waals surface area (Å²) in [5, 5.41) is 2.71. The van der Waals surface area contributed by atoms with E-state index < -0.39 is 0 Å². The van der Waals surface area contributed by atoms with Crippen LogP contribution >= 0.6 is 0 Å². The van der Waals surface area contributed by atoms with Gasteiger partial charge in [-0.05, 0) is 38.3 Å². The van der Waals surface area contributed by atoms with Crippen molar-refractivity contribution in [3.8, 4) is 0 Å². The second kappa shape index (κ2) is 6.02. The monoisotopic (exact) mass is 264 g/mol. The Labute approximate surface area is 112 Å². The van der Waals surface area contributed by atoms with Gasteiger partial charge in [-0.25, -0.2) is 0 Å². The lowest BCUT2D eigenvalue weighted by atomic mass is 9.92. The number of aromatic nitrogens is 1. The average molecular weight is 264 g/mol. The lowest BCUT2D eigenvalue weighted by molar-refractivity contribution is -0.129. The van der Waals surface area contributed by atoms with E-state index in [2.05, 4.69) is 10.3 Å². The minimum atomic E-state index is -0.266. The highest BCUT2D eigenvalue weighted by atomic mass is 16.5. The Balaban J connectivity index is 2.09. The number of pyridine rings is 1. The molecule has 0 unspecified atom stereocenters. The summed E-state index contributed by atoms with van der Waals surface area (Å²) >= 11 is 0. The first-order valence-corrected chi connectivity index (χ1v) is 6.74. The number of ether oxygens (including phenoxy) is 1.